The molecular weight excluding hydrogens is 292 g/mol. The van der Waals surface area contributed by atoms with Gasteiger partial charge < -0.3 is 15.3 Å². The van der Waals surface area contributed by atoms with Crippen LogP contribution in [0.2, 0.25) is 0 Å². The first kappa shape index (κ1) is 15.6. The van der Waals surface area contributed by atoms with Crippen LogP contribution in [0.3, 0.4) is 0 Å². The lowest BCUT2D eigenvalue weighted by Crippen LogP contribution is -2.45. The predicted molar refractivity (Wildman–Crippen MR) is 86.8 cm³/mol. The molecule has 2 aromatic rings. The van der Waals surface area contributed by atoms with E-state index in [4.69, 9.17) is 0 Å². The molecule has 1 aliphatic heterocycles. The third kappa shape index (κ3) is 4.10. The number of nitrogens with zero attached hydrogens (tertiary/aromatic N) is 3. The number of piperidine rings is 1. The smallest absolute Gasteiger partial charge is 0.317 e. The first-order valence-electron chi connectivity index (χ1n) is 7.97. The summed E-state index contributed by atoms with van der Waals surface area (Å²) in [5, 5.41) is 16.7. The van der Waals surface area contributed by atoms with E-state index in [0.717, 1.165) is 11.1 Å². The molecule has 0 aliphatic carbocycles. The Labute approximate surface area is 135 Å². The van der Waals surface area contributed by atoms with Crippen molar-refractivity contribution >= 4 is 6.03 Å². The van der Waals surface area contributed by atoms with Gasteiger partial charge in [0.15, 0.2) is 0 Å². The predicted octanol–water partition coefficient (Wildman–Crippen LogP) is 1.60. The van der Waals surface area contributed by atoms with E-state index >= 15 is 0 Å². The Morgan fingerprint density at radius 3 is 2.65 bits per heavy atom. The van der Waals surface area contributed by atoms with Gasteiger partial charge in [-0.1, -0.05) is 24.3 Å². The molecule has 23 heavy (non-hydrogen) atoms. The van der Waals surface area contributed by atoms with Gasteiger partial charge in [0.2, 0.25) is 0 Å². The Balaban J connectivity index is 1.58. The van der Waals surface area contributed by atoms with Crippen LogP contribution in [0.4, 0.5) is 4.79 Å². The number of benzene rings is 1. The van der Waals surface area contributed by atoms with Crippen molar-refractivity contribution in [2.24, 2.45) is 0 Å². The molecule has 0 unspecified atom stereocenters. The Hall–Kier alpha value is -2.34. The van der Waals surface area contributed by atoms with Gasteiger partial charge in [-0.25, -0.2) is 4.79 Å². The summed E-state index contributed by atoms with van der Waals surface area (Å²) >= 11 is 0. The van der Waals surface area contributed by atoms with E-state index in [1.165, 1.54) is 0 Å². The van der Waals surface area contributed by atoms with Crippen molar-refractivity contribution < 1.29 is 9.90 Å². The van der Waals surface area contributed by atoms with E-state index in [1.54, 1.807) is 11.1 Å². The highest BCUT2D eigenvalue weighted by atomic mass is 16.3. The average Bonchev–Trinajstić information content (AvgIpc) is 3.07. The number of nitrogens with one attached hydrogen (secondary N) is 1. The second-order valence-electron chi connectivity index (χ2n) is 5.85. The summed E-state index contributed by atoms with van der Waals surface area (Å²) in [5.74, 6) is 0. The molecule has 1 fully saturated rings. The second-order valence-corrected chi connectivity index (χ2v) is 5.85. The Kier molecular flexibility index (Phi) is 4.92. The van der Waals surface area contributed by atoms with Crippen molar-refractivity contribution in [3.8, 4) is 0 Å². The van der Waals surface area contributed by atoms with Crippen LogP contribution in [-0.4, -0.2) is 45.0 Å². The van der Waals surface area contributed by atoms with Gasteiger partial charge in [-0.2, -0.15) is 5.10 Å². The molecule has 2 N–H and O–H groups in total. The first-order valence-corrected chi connectivity index (χ1v) is 7.97. The van der Waals surface area contributed by atoms with Crippen LogP contribution >= 0.6 is 0 Å². The molecule has 1 aromatic carbocycles. The van der Waals surface area contributed by atoms with Gasteiger partial charge in [0.25, 0.3) is 0 Å². The van der Waals surface area contributed by atoms with Crippen LogP contribution in [0, 0.1) is 0 Å². The monoisotopic (exact) mass is 314 g/mol. The number of rotatable bonds is 4. The minimum Gasteiger partial charge on any atom is -0.393 e. The molecule has 0 bridgehead atoms. The maximum atomic E-state index is 12.2. The summed E-state index contributed by atoms with van der Waals surface area (Å²) in [6.45, 7) is 2.41. The third-order valence-electron chi connectivity index (χ3n) is 4.19. The summed E-state index contributed by atoms with van der Waals surface area (Å²) in [6, 6.07) is 9.89. The molecular formula is C17H22N4O2. The van der Waals surface area contributed by atoms with Crippen LogP contribution in [0.15, 0.2) is 42.7 Å². The van der Waals surface area contributed by atoms with E-state index in [9.17, 15) is 9.90 Å². The maximum Gasteiger partial charge on any atom is 0.317 e. The number of aliphatic hydroxyl groups excluding tert-OH is 1. The minimum atomic E-state index is -0.270. The number of aromatic nitrogens is 2. The van der Waals surface area contributed by atoms with Crippen LogP contribution in [0.25, 0.3) is 0 Å². The van der Waals surface area contributed by atoms with Crippen molar-refractivity contribution in [3.05, 3.63) is 53.9 Å². The van der Waals surface area contributed by atoms with Gasteiger partial charge in [0, 0.05) is 32.0 Å². The van der Waals surface area contributed by atoms with Crippen LogP contribution < -0.4 is 5.32 Å². The van der Waals surface area contributed by atoms with Crippen LogP contribution in [-0.2, 0) is 13.1 Å². The third-order valence-corrected chi connectivity index (χ3v) is 4.19. The summed E-state index contributed by atoms with van der Waals surface area (Å²) < 4.78 is 1.87. The highest BCUT2D eigenvalue weighted by Gasteiger charge is 2.21. The standard InChI is InChI=1S/C17H22N4O2/c22-16-6-10-20(11-7-16)17(23)18-12-14-4-1-2-5-15(14)13-21-9-3-8-19-21/h1-5,8-9,16,22H,6-7,10-13H2,(H,18,23). The number of likely N-dealkylation sites (tertiary alicyclic amines) is 1. The molecule has 1 saturated heterocycles. The number of amides is 2. The van der Waals surface area contributed by atoms with Gasteiger partial charge in [0.05, 0.1) is 12.6 Å². The molecule has 3 rings (SSSR count). The summed E-state index contributed by atoms with van der Waals surface area (Å²) in [4.78, 5) is 14.0. The number of carbonyl (C=O) groups is 1. The average molecular weight is 314 g/mol. The van der Waals surface area contributed by atoms with E-state index in [2.05, 4.69) is 16.5 Å². The SMILES string of the molecule is O=C(NCc1ccccc1Cn1cccn1)N1CCC(O)CC1. The van der Waals surface area contributed by atoms with Gasteiger partial charge in [0.1, 0.15) is 0 Å². The second kappa shape index (κ2) is 7.28. The van der Waals surface area contributed by atoms with Gasteiger partial charge in [-0.05, 0) is 30.0 Å². The molecule has 122 valence electrons. The van der Waals surface area contributed by atoms with E-state index < -0.39 is 0 Å². The number of aliphatic hydroxyl groups is 1. The first-order chi connectivity index (χ1) is 11.2. The van der Waals surface area contributed by atoms with Crippen LogP contribution in [0.5, 0.6) is 0 Å². The normalized spacial score (nSPS) is 15.6. The molecule has 0 atom stereocenters. The van der Waals surface area contributed by atoms with E-state index in [1.807, 2.05) is 35.1 Å². The summed E-state index contributed by atoms with van der Waals surface area (Å²) in [7, 11) is 0. The Morgan fingerprint density at radius 2 is 1.96 bits per heavy atom. The molecule has 0 radical (unpaired) electrons. The quantitative estimate of drug-likeness (QED) is 0.900. The molecule has 0 spiro atoms. The number of urea groups is 1. The van der Waals surface area contributed by atoms with Crippen LogP contribution in [0.1, 0.15) is 24.0 Å². The van der Waals surface area contributed by atoms with E-state index in [0.29, 0.717) is 39.0 Å². The fraction of sp³-hybridized carbons (Fsp3) is 0.412. The Morgan fingerprint density at radius 1 is 1.22 bits per heavy atom. The lowest BCUT2D eigenvalue weighted by Gasteiger charge is -2.29. The molecule has 6 heteroatoms. The highest BCUT2D eigenvalue weighted by molar-refractivity contribution is 5.74. The number of hydrogen-bond acceptors (Lipinski definition) is 3. The Bertz CT molecular complexity index is 634. The summed E-state index contributed by atoms with van der Waals surface area (Å²) in [6.07, 6.45) is 4.73. The lowest BCUT2D eigenvalue weighted by atomic mass is 10.1. The van der Waals surface area contributed by atoms with E-state index in [-0.39, 0.29) is 12.1 Å². The molecule has 6 nitrogen and oxygen atoms in total. The van der Waals surface area contributed by atoms with Crippen molar-refractivity contribution in [1.29, 1.82) is 0 Å². The zero-order chi connectivity index (χ0) is 16.1. The van der Waals surface area contributed by atoms with Gasteiger partial charge in [-0.15, -0.1) is 0 Å². The van der Waals surface area contributed by atoms with Crippen molar-refractivity contribution in [1.82, 2.24) is 20.0 Å². The van der Waals surface area contributed by atoms with Crippen molar-refractivity contribution in [2.75, 3.05) is 13.1 Å². The fourth-order valence-corrected chi connectivity index (χ4v) is 2.80. The molecule has 1 aliphatic rings. The highest BCUT2D eigenvalue weighted by Crippen LogP contribution is 2.12. The topological polar surface area (TPSA) is 70.4 Å². The zero-order valence-corrected chi connectivity index (χ0v) is 13.1. The molecule has 1 aromatic heterocycles. The maximum absolute atomic E-state index is 12.2. The largest absolute Gasteiger partial charge is 0.393 e. The minimum absolute atomic E-state index is 0.0641. The zero-order valence-electron chi connectivity index (χ0n) is 13.1. The molecule has 0 saturated carbocycles. The van der Waals surface area contributed by atoms with Crippen molar-refractivity contribution in [3.63, 3.8) is 0 Å². The van der Waals surface area contributed by atoms with Crippen molar-refractivity contribution in [2.45, 2.75) is 32.0 Å². The molecule has 2 amide bonds. The van der Waals surface area contributed by atoms with Gasteiger partial charge >= 0.3 is 6.03 Å². The number of carbonyl (C=O) groups excluding carboxylic acids is 1. The lowest BCUT2D eigenvalue weighted by molar-refractivity contribution is 0.0936. The molecule has 2 heterocycles. The fourth-order valence-electron chi connectivity index (χ4n) is 2.80. The summed E-state index contributed by atoms with van der Waals surface area (Å²) in [5.41, 5.74) is 2.24. The van der Waals surface area contributed by atoms with Gasteiger partial charge in [-0.3, -0.25) is 4.68 Å². The number of hydrogen-bond donors (Lipinski definition) is 2.